The maximum absolute atomic E-state index is 13.6. The van der Waals surface area contributed by atoms with Gasteiger partial charge in [0, 0.05) is 51.0 Å². The van der Waals surface area contributed by atoms with E-state index in [0.29, 0.717) is 19.1 Å². The van der Waals surface area contributed by atoms with Crippen molar-refractivity contribution < 1.29 is 9.53 Å². The average molecular weight is 384 g/mol. The molecule has 1 amide bonds. The Morgan fingerprint density at radius 3 is 3.00 bits per heavy atom. The van der Waals surface area contributed by atoms with Gasteiger partial charge in [-0.1, -0.05) is 6.07 Å². The van der Waals surface area contributed by atoms with E-state index in [4.69, 9.17) is 4.74 Å². The Morgan fingerprint density at radius 2 is 2.26 bits per heavy atom. The molecule has 1 spiro atoms. The second-order valence-corrected chi connectivity index (χ2v) is 8.85. The number of nitrogens with zero attached hydrogens (tertiary/aromatic N) is 3. The van der Waals surface area contributed by atoms with E-state index in [9.17, 15) is 4.79 Å². The Bertz CT molecular complexity index is 793. The predicted octanol–water partition coefficient (Wildman–Crippen LogP) is 2.75. The molecule has 0 radical (unpaired) electrons. The second kappa shape index (κ2) is 7.00. The van der Waals surface area contributed by atoms with Crippen LogP contribution in [0.2, 0.25) is 0 Å². The van der Waals surface area contributed by atoms with E-state index < -0.39 is 5.60 Å². The van der Waals surface area contributed by atoms with E-state index in [2.05, 4.69) is 37.7 Å². The molecule has 2 aromatic heterocycles. The number of ether oxygens (including phenoxy) is 1. The number of thiophene rings is 1. The van der Waals surface area contributed by atoms with Gasteiger partial charge < -0.3 is 9.64 Å². The number of likely N-dealkylation sites (tertiary alicyclic amines) is 1. The highest BCUT2D eigenvalue weighted by atomic mass is 32.1. The van der Waals surface area contributed by atoms with Crippen LogP contribution in [0.4, 0.5) is 0 Å². The van der Waals surface area contributed by atoms with Crippen molar-refractivity contribution in [3.8, 4) is 0 Å². The van der Waals surface area contributed by atoms with Gasteiger partial charge in [0.05, 0.1) is 6.61 Å². The molecule has 1 saturated carbocycles. The molecule has 2 saturated heterocycles. The molecule has 0 aromatic carbocycles. The molecule has 2 aromatic rings. The van der Waals surface area contributed by atoms with Crippen LogP contribution in [0.3, 0.4) is 0 Å². The summed E-state index contributed by atoms with van der Waals surface area (Å²) >= 11 is 1.72. The van der Waals surface area contributed by atoms with Crippen molar-refractivity contribution in [3.63, 3.8) is 0 Å². The van der Waals surface area contributed by atoms with Crippen LogP contribution in [0, 0.1) is 5.92 Å². The summed E-state index contributed by atoms with van der Waals surface area (Å²) in [6, 6.07) is 6.21. The molecule has 2 unspecified atom stereocenters. The first-order chi connectivity index (χ1) is 13.2. The van der Waals surface area contributed by atoms with Crippen molar-refractivity contribution in [2.24, 2.45) is 5.92 Å². The maximum Gasteiger partial charge on any atom is 0.256 e. The third-order valence-electron chi connectivity index (χ3n) is 6.08. The molecule has 27 heavy (non-hydrogen) atoms. The number of carbonyl (C=O) groups excluding carboxylic acids is 1. The van der Waals surface area contributed by atoms with Gasteiger partial charge in [0.15, 0.2) is 5.60 Å². The Kier molecular flexibility index (Phi) is 4.50. The molecular formula is C21H25N3O2S. The second-order valence-electron chi connectivity index (χ2n) is 8.07. The van der Waals surface area contributed by atoms with E-state index in [0.717, 1.165) is 31.7 Å². The van der Waals surface area contributed by atoms with Crippen LogP contribution in [-0.4, -0.2) is 59.1 Å². The summed E-state index contributed by atoms with van der Waals surface area (Å²) in [4.78, 5) is 22.4. The smallest absolute Gasteiger partial charge is 0.256 e. The van der Waals surface area contributed by atoms with Crippen LogP contribution in [0.5, 0.6) is 0 Å². The topological polar surface area (TPSA) is 45.7 Å². The zero-order valence-corrected chi connectivity index (χ0v) is 16.2. The molecule has 5 nitrogen and oxygen atoms in total. The van der Waals surface area contributed by atoms with Crippen molar-refractivity contribution in [2.75, 3.05) is 32.8 Å². The van der Waals surface area contributed by atoms with Gasteiger partial charge >= 0.3 is 0 Å². The summed E-state index contributed by atoms with van der Waals surface area (Å²) in [5.41, 5.74) is 1.64. The summed E-state index contributed by atoms with van der Waals surface area (Å²) in [6.07, 6.45) is 6.20. The van der Waals surface area contributed by atoms with Crippen molar-refractivity contribution >= 4 is 17.2 Å². The van der Waals surface area contributed by atoms with Crippen LogP contribution in [0.25, 0.3) is 0 Å². The fraction of sp³-hybridized carbons (Fsp3) is 0.524. The lowest BCUT2D eigenvalue weighted by atomic mass is 9.83. The fourth-order valence-electron chi connectivity index (χ4n) is 4.55. The number of aromatic nitrogens is 1. The number of rotatable bonds is 5. The maximum atomic E-state index is 13.6. The third-order valence-corrected chi connectivity index (χ3v) is 6.81. The van der Waals surface area contributed by atoms with Crippen molar-refractivity contribution in [1.29, 1.82) is 0 Å². The van der Waals surface area contributed by atoms with Gasteiger partial charge in [-0.05, 0) is 52.8 Å². The predicted molar refractivity (Wildman–Crippen MR) is 105 cm³/mol. The van der Waals surface area contributed by atoms with Gasteiger partial charge in [0.25, 0.3) is 5.91 Å². The van der Waals surface area contributed by atoms with Gasteiger partial charge in [0.2, 0.25) is 0 Å². The Morgan fingerprint density at radius 1 is 1.33 bits per heavy atom. The minimum atomic E-state index is -0.772. The summed E-state index contributed by atoms with van der Waals surface area (Å²) in [7, 11) is 0. The number of morpholine rings is 1. The van der Waals surface area contributed by atoms with Gasteiger partial charge in [0.1, 0.15) is 0 Å². The number of hydrogen-bond acceptors (Lipinski definition) is 5. The molecule has 0 N–H and O–H groups in total. The van der Waals surface area contributed by atoms with Gasteiger partial charge in [-0.15, -0.1) is 0 Å². The molecule has 0 bridgehead atoms. The lowest BCUT2D eigenvalue weighted by Gasteiger charge is -2.42. The van der Waals surface area contributed by atoms with Crippen molar-refractivity contribution in [2.45, 2.75) is 30.9 Å². The van der Waals surface area contributed by atoms with Gasteiger partial charge in [-0.2, -0.15) is 11.3 Å². The van der Waals surface area contributed by atoms with E-state index in [1.165, 1.54) is 18.4 Å². The molecular weight excluding hydrogens is 358 g/mol. The van der Waals surface area contributed by atoms with Crippen molar-refractivity contribution in [3.05, 3.63) is 52.5 Å². The molecule has 1 aliphatic carbocycles. The fourth-order valence-corrected chi connectivity index (χ4v) is 5.21. The lowest BCUT2D eigenvalue weighted by molar-refractivity contribution is -0.172. The SMILES string of the molecule is O=C1N(CC2CC2)CCOC12CN(Cc1ccsc1)CC2c1cccnc1. The Labute approximate surface area is 164 Å². The van der Waals surface area contributed by atoms with Gasteiger partial charge in [-0.25, -0.2) is 0 Å². The summed E-state index contributed by atoms with van der Waals surface area (Å²) < 4.78 is 6.33. The molecule has 5 rings (SSSR count). The lowest BCUT2D eigenvalue weighted by Crippen LogP contribution is -2.60. The van der Waals surface area contributed by atoms with Crippen LogP contribution in [0.15, 0.2) is 41.4 Å². The quantitative estimate of drug-likeness (QED) is 0.797. The molecule has 2 atom stereocenters. The monoisotopic (exact) mass is 383 g/mol. The highest BCUT2D eigenvalue weighted by Crippen LogP contribution is 2.43. The first-order valence-electron chi connectivity index (χ1n) is 9.81. The third kappa shape index (κ3) is 3.30. The molecule has 142 valence electrons. The Balaban J connectivity index is 1.45. The number of hydrogen-bond donors (Lipinski definition) is 0. The van der Waals surface area contributed by atoms with Crippen LogP contribution >= 0.6 is 11.3 Å². The molecule has 4 heterocycles. The Hall–Kier alpha value is -1.76. The molecule has 3 fully saturated rings. The first kappa shape index (κ1) is 17.3. The summed E-state index contributed by atoms with van der Waals surface area (Å²) in [6.45, 7) is 4.59. The average Bonchev–Trinajstić information content (AvgIpc) is 3.22. The normalized spacial score (nSPS) is 29.0. The highest BCUT2D eigenvalue weighted by molar-refractivity contribution is 7.07. The number of pyridine rings is 1. The van der Waals surface area contributed by atoms with Crippen LogP contribution < -0.4 is 0 Å². The van der Waals surface area contributed by atoms with E-state index >= 15 is 0 Å². The minimum absolute atomic E-state index is 0.0272. The standard InChI is InChI=1S/C21H25N3O2S/c25-20-21(26-8-7-24(20)12-16-3-4-16)15-23(11-17-5-9-27-14-17)13-19(21)18-2-1-6-22-10-18/h1-2,5-6,9-10,14,16,19H,3-4,7-8,11-13,15H2. The first-order valence-corrected chi connectivity index (χ1v) is 10.8. The number of carbonyl (C=O) groups is 1. The van der Waals surface area contributed by atoms with Crippen LogP contribution in [0.1, 0.15) is 29.9 Å². The largest absolute Gasteiger partial charge is 0.361 e. The molecule has 6 heteroatoms. The number of amides is 1. The van der Waals surface area contributed by atoms with Crippen molar-refractivity contribution in [1.82, 2.24) is 14.8 Å². The van der Waals surface area contributed by atoms with E-state index in [1.807, 2.05) is 12.3 Å². The summed E-state index contributed by atoms with van der Waals surface area (Å²) in [5, 5.41) is 4.30. The zero-order valence-electron chi connectivity index (χ0n) is 15.4. The molecule has 3 aliphatic rings. The molecule has 2 aliphatic heterocycles. The van der Waals surface area contributed by atoms with Crippen LogP contribution in [-0.2, 0) is 16.1 Å². The minimum Gasteiger partial charge on any atom is -0.361 e. The van der Waals surface area contributed by atoms with E-state index in [1.54, 1.807) is 17.5 Å². The zero-order chi connectivity index (χ0) is 18.3. The highest BCUT2D eigenvalue weighted by Gasteiger charge is 2.57. The van der Waals surface area contributed by atoms with Gasteiger partial charge in [-0.3, -0.25) is 14.7 Å². The van der Waals surface area contributed by atoms with E-state index in [-0.39, 0.29) is 11.8 Å². The summed E-state index contributed by atoms with van der Waals surface area (Å²) in [5.74, 6) is 0.908.